The molecule has 0 saturated heterocycles. The third kappa shape index (κ3) is 3.46. The number of benzene rings is 1. The lowest BCUT2D eigenvalue weighted by Crippen LogP contribution is -2.27. The van der Waals surface area contributed by atoms with Crippen molar-refractivity contribution in [1.29, 1.82) is 5.26 Å². The second-order valence-electron chi connectivity index (χ2n) is 5.64. The molecule has 1 aromatic carbocycles. The molecule has 7 heteroatoms. The van der Waals surface area contributed by atoms with Crippen molar-refractivity contribution >= 4 is 5.78 Å². The third-order valence-corrected chi connectivity index (χ3v) is 4.11. The summed E-state index contributed by atoms with van der Waals surface area (Å²) in [4.78, 5) is 25.5. The molecule has 2 aromatic rings. The number of hydrogen-bond acceptors (Lipinski definition) is 6. The maximum atomic E-state index is 13.0. The summed E-state index contributed by atoms with van der Waals surface area (Å²) >= 11 is 0. The minimum Gasteiger partial charge on any atom is -0.496 e. The fourth-order valence-electron chi connectivity index (χ4n) is 2.76. The van der Waals surface area contributed by atoms with Gasteiger partial charge < -0.3 is 14.6 Å². The molecule has 0 atom stereocenters. The second kappa shape index (κ2) is 8.32. The first kappa shape index (κ1) is 19.2. The normalized spacial score (nSPS) is 10.4. The van der Waals surface area contributed by atoms with Crippen LogP contribution in [0.3, 0.4) is 0 Å². The highest BCUT2D eigenvalue weighted by atomic mass is 16.5. The van der Waals surface area contributed by atoms with Gasteiger partial charge in [-0.25, -0.2) is 0 Å². The molecular formula is C19H20N2O5. The topological polar surface area (TPSA) is 102 Å². The first-order chi connectivity index (χ1) is 12.5. The van der Waals surface area contributed by atoms with Crippen molar-refractivity contribution in [3.05, 3.63) is 56.9 Å². The Balaban J connectivity index is 2.68. The number of rotatable bonds is 7. The number of aromatic nitrogens is 1. The first-order valence-electron chi connectivity index (χ1n) is 8.01. The number of ketones is 1. The quantitative estimate of drug-likeness (QED) is 0.601. The van der Waals surface area contributed by atoms with Gasteiger partial charge in [0.25, 0.3) is 5.56 Å². The van der Waals surface area contributed by atoms with Crippen LogP contribution in [0.2, 0.25) is 0 Å². The van der Waals surface area contributed by atoms with E-state index in [9.17, 15) is 20.0 Å². The summed E-state index contributed by atoms with van der Waals surface area (Å²) in [6.45, 7) is 1.97. The molecule has 1 aromatic heterocycles. The van der Waals surface area contributed by atoms with Crippen molar-refractivity contribution in [2.24, 2.45) is 0 Å². The van der Waals surface area contributed by atoms with Crippen LogP contribution in [0.4, 0.5) is 0 Å². The minimum absolute atomic E-state index is 0.0805. The van der Waals surface area contributed by atoms with Crippen LogP contribution in [0.5, 0.6) is 11.6 Å². The van der Waals surface area contributed by atoms with Crippen LogP contribution in [-0.4, -0.2) is 36.3 Å². The van der Waals surface area contributed by atoms with Crippen LogP contribution in [-0.2, 0) is 11.3 Å². The van der Waals surface area contributed by atoms with Crippen molar-refractivity contribution < 1.29 is 19.4 Å². The zero-order chi connectivity index (χ0) is 19.3. The smallest absolute Gasteiger partial charge is 0.271 e. The number of hydrogen-bond donors (Lipinski definition) is 1. The zero-order valence-corrected chi connectivity index (χ0v) is 14.9. The lowest BCUT2D eigenvalue weighted by molar-refractivity contribution is 0.103. The standard InChI is InChI=1S/C19H20N2O5/c1-12-14(11-20)18(23)21(9-6-10-25-2)19(24)16(12)17(22)13-7-4-5-8-15(13)26-3/h4-5,7-8,24H,6,9-10H2,1-3H3. The Bertz CT molecular complexity index is 925. The predicted molar refractivity (Wildman–Crippen MR) is 94.7 cm³/mol. The number of pyridine rings is 1. The second-order valence-corrected chi connectivity index (χ2v) is 5.64. The van der Waals surface area contributed by atoms with Crippen molar-refractivity contribution in [1.82, 2.24) is 4.57 Å². The molecule has 0 aliphatic rings. The Morgan fingerprint density at radius 3 is 2.62 bits per heavy atom. The number of para-hydroxylation sites is 1. The number of methoxy groups -OCH3 is 2. The number of nitriles is 1. The molecule has 0 spiro atoms. The number of carbonyl (C=O) groups excluding carboxylic acids is 1. The maximum Gasteiger partial charge on any atom is 0.271 e. The molecule has 0 radical (unpaired) electrons. The van der Waals surface area contributed by atoms with Crippen molar-refractivity contribution in [2.45, 2.75) is 19.9 Å². The van der Waals surface area contributed by atoms with E-state index >= 15 is 0 Å². The summed E-state index contributed by atoms with van der Waals surface area (Å²) in [7, 11) is 2.96. The van der Waals surface area contributed by atoms with Crippen molar-refractivity contribution in [3.8, 4) is 17.7 Å². The largest absolute Gasteiger partial charge is 0.496 e. The average Bonchev–Trinajstić information content (AvgIpc) is 2.64. The molecule has 7 nitrogen and oxygen atoms in total. The molecule has 0 amide bonds. The molecule has 0 saturated carbocycles. The van der Waals surface area contributed by atoms with Gasteiger partial charge >= 0.3 is 0 Å². The Labute approximate surface area is 151 Å². The molecule has 0 aliphatic carbocycles. The van der Waals surface area contributed by atoms with Crippen molar-refractivity contribution in [2.75, 3.05) is 20.8 Å². The van der Waals surface area contributed by atoms with E-state index in [1.807, 2.05) is 6.07 Å². The molecule has 2 rings (SSSR count). The van der Waals surface area contributed by atoms with E-state index < -0.39 is 17.2 Å². The molecule has 136 valence electrons. The van der Waals surface area contributed by atoms with Crippen LogP contribution in [0.15, 0.2) is 29.1 Å². The molecule has 0 aliphatic heterocycles. The van der Waals surface area contributed by atoms with Gasteiger partial charge in [0.2, 0.25) is 11.7 Å². The van der Waals surface area contributed by atoms with E-state index in [4.69, 9.17) is 9.47 Å². The highest BCUT2D eigenvalue weighted by Crippen LogP contribution is 2.28. The summed E-state index contributed by atoms with van der Waals surface area (Å²) < 4.78 is 11.2. The highest BCUT2D eigenvalue weighted by Gasteiger charge is 2.26. The molecule has 26 heavy (non-hydrogen) atoms. The van der Waals surface area contributed by atoms with E-state index in [2.05, 4.69) is 0 Å². The number of carbonyl (C=O) groups is 1. The van der Waals surface area contributed by atoms with Gasteiger partial charge in [0.1, 0.15) is 17.4 Å². The fourth-order valence-corrected chi connectivity index (χ4v) is 2.76. The van der Waals surface area contributed by atoms with E-state index in [-0.39, 0.29) is 28.8 Å². The molecular weight excluding hydrogens is 336 g/mol. The van der Waals surface area contributed by atoms with Crippen LogP contribution < -0.4 is 10.3 Å². The van der Waals surface area contributed by atoms with Gasteiger partial charge in [-0.15, -0.1) is 0 Å². The van der Waals surface area contributed by atoms with Gasteiger partial charge in [0, 0.05) is 20.3 Å². The maximum absolute atomic E-state index is 13.0. The lowest BCUT2D eigenvalue weighted by Gasteiger charge is -2.16. The lowest BCUT2D eigenvalue weighted by atomic mass is 9.96. The highest BCUT2D eigenvalue weighted by molar-refractivity contribution is 6.13. The summed E-state index contributed by atoms with van der Waals surface area (Å²) in [5.74, 6) is -0.639. The van der Waals surface area contributed by atoms with Gasteiger partial charge in [-0.3, -0.25) is 14.2 Å². The van der Waals surface area contributed by atoms with E-state index in [1.54, 1.807) is 24.3 Å². The fraction of sp³-hybridized carbons (Fsp3) is 0.316. The molecule has 1 heterocycles. The van der Waals surface area contributed by atoms with Crippen molar-refractivity contribution in [3.63, 3.8) is 0 Å². The molecule has 0 fully saturated rings. The summed E-state index contributed by atoms with van der Waals surface area (Å²) in [5.41, 5.74) is -0.495. The SMILES string of the molecule is COCCCn1c(O)c(C(=O)c2ccccc2OC)c(C)c(C#N)c1=O. The van der Waals surface area contributed by atoms with Crippen LogP contribution in [0.1, 0.15) is 33.5 Å². The van der Waals surface area contributed by atoms with Gasteiger partial charge in [-0.2, -0.15) is 5.26 Å². The van der Waals surface area contributed by atoms with E-state index in [1.165, 1.54) is 21.1 Å². The summed E-state index contributed by atoms with van der Waals surface area (Å²) in [6, 6.07) is 8.41. The Hall–Kier alpha value is -3.11. The Kier molecular flexibility index (Phi) is 6.15. The van der Waals surface area contributed by atoms with E-state index in [0.717, 1.165) is 4.57 Å². The molecule has 0 unspecified atom stereocenters. The van der Waals surface area contributed by atoms with Gasteiger partial charge in [-0.05, 0) is 31.0 Å². The third-order valence-electron chi connectivity index (χ3n) is 4.11. The predicted octanol–water partition coefficient (Wildman–Crippen LogP) is 2.01. The Morgan fingerprint density at radius 1 is 1.31 bits per heavy atom. The summed E-state index contributed by atoms with van der Waals surface area (Å²) in [6.07, 6.45) is 0.445. The molecule has 1 N–H and O–H groups in total. The molecule has 0 bridgehead atoms. The Morgan fingerprint density at radius 2 is 2.00 bits per heavy atom. The van der Waals surface area contributed by atoms with Crippen LogP contribution >= 0.6 is 0 Å². The zero-order valence-electron chi connectivity index (χ0n) is 14.9. The monoisotopic (exact) mass is 356 g/mol. The van der Waals surface area contributed by atoms with Gasteiger partial charge in [0.05, 0.1) is 18.2 Å². The summed E-state index contributed by atoms with van der Waals surface area (Å²) in [5, 5.41) is 20.0. The van der Waals surface area contributed by atoms with Gasteiger partial charge in [0.15, 0.2) is 0 Å². The van der Waals surface area contributed by atoms with Crippen LogP contribution in [0.25, 0.3) is 0 Å². The number of nitrogens with zero attached hydrogens (tertiary/aromatic N) is 2. The first-order valence-corrected chi connectivity index (χ1v) is 8.01. The average molecular weight is 356 g/mol. The minimum atomic E-state index is -0.629. The number of aromatic hydroxyl groups is 1. The van der Waals surface area contributed by atoms with Crippen LogP contribution in [0, 0.1) is 18.3 Å². The number of ether oxygens (including phenoxy) is 2. The van der Waals surface area contributed by atoms with E-state index in [0.29, 0.717) is 18.8 Å². The van der Waals surface area contributed by atoms with Gasteiger partial charge in [-0.1, -0.05) is 12.1 Å².